The van der Waals surface area contributed by atoms with E-state index in [0.717, 1.165) is 11.3 Å². The van der Waals surface area contributed by atoms with Crippen LogP contribution in [-0.2, 0) is 14.8 Å². The lowest BCUT2D eigenvalue weighted by Crippen LogP contribution is -2.43. The zero-order valence-corrected chi connectivity index (χ0v) is 18.8. The predicted molar refractivity (Wildman–Crippen MR) is 117 cm³/mol. The first-order chi connectivity index (χ1) is 14.3. The van der Waals surface area contributed by atoms with E-state index in [1.54, 1.807) is 12.1 Å². The van der Waals surface area contributed by atoms with Gasteiger partial charge >= 0.3 is 0 Å². The lowest BCUT2D eigenvalue weighted by Gasteiger charge is -2.30. The first kappa shape index (κ1) is 22.6. The molecule has 1 aliphatic rings. The van der Waals surface area contributed by atoms with Gasteiger partial charge in [-0.2, -0.15) is 4.31 Å². The van der Waals surface area contributed by atoms with Crippen molar-refractivity contribution in [2.45, 2.75) is 31.6 Å². The molecule has 8 heteroatoms. The molecule has 0 spiro atoms. The highest BCUT2D eigenvalue weighted by atomic mass is 35.5. The fraction of sp³-hybridized carbons (Fsp3) is 0.409. The number of piperidine rings is 1. The van der Waals surface area contributed by atoms with Crippen LogP contribution in [0, 0.1) is 19.8 Å². The van der Waals surface area contributed by atoms with E-state index in [-0.39, 0.29) is 16.7 Å². The molecule has 0 radical (unpaired) electrons. The summed E-state index contributed by atoms with van der Waals surface area (Å²) < 4.78 is 32.6. The van der Waals surface area contributed by atoms with Crippen LogP contribution in [0.25, 0.3) is 0 Å². The maximum atomic E-state index is 12.7. The van der Waals surface area contributed by atoms with Gasteiger partial charge in [0.15, 0.2) is 0 Å². The highest BCUT2D eigenvalue weighted by Gasteiger charge is 2.31. The number of halogens is 1. The van der Waals surface area contributed by atoms with E-state index in [4.69, 9.17) is 16.3 Å². The van der Waals surface area contributed by atoms with Crippen molar-refractivity contribution in [3.63, 3.8) is 0 Å². The molecule has 162 valence electrons. The van der Waals surface area contributed by atoms with Gasteiger partial charge in [0.25, 0.3) is 0 Å². The Hall–Kier alpha value is -2.09. The van der Waals surface area contributed by atoms with Crippen molar-refractivity contribution < 1.29 is 17.9 Å². The van der Waals surface area contributed by atoms with Crippen LogP contribution in [0.5, 0.6) is 5.75 Å². The Kier molecular flexibility index (Phi) is 7.39. The second kappa shape index (κ2) is 9.81. The topological polar surface area (TPSA) is 75.7 Å². The predicted octanol–water partition coefficient (Wildman–Crippen LogP) is 3.55. The van der Waals surface area contributed by atoms with E-state index < -0.39 is 10.0 Å². The maximum absolute atomic E-state index is 12.7. The molecule has 0 unspecified atom stereocenters. The van der Waals surface area contributed by atoms with Crippen molar-refractivity contribution >= 4 is 27.5 Å². The lowest BCUT2D eigenvalue weighted by molar-refractivity contribution is -0.126. The number of carbonyl (C=O) groups is 1. The van der Waals surface area contributed by atoms with Gasteiger partial charge in [-0.05, 0) is 62.6 Å². The van der Waals surface area contributed by atoms with Crippen LogP contribution in [0.2, 0.25) is 5.02 Å². The summed E-state index contributed by atoms with van der Waals surface area (Å²) >= 11 is 5.84. The minimum atomic E-state index is -3.56. The second-order valence-corrected chi connectivity index (χ2v) is 9.92. The monoisotopic (exact) mass is 450 g/mol. The van der Waals surface area contributed by atoms with Crippen LogP contribution in [0.4, 0.5) is 0 Å². The Morgan fingerprint density at radius 2 is 1.80 bits per heavy atom. The van der Waals surface area contributed by atoms with Gasteiger partial charge in [0.1, 0.15) is 12.4 Å². The summed E-state index contributed by atoms with van der Waals surface area (Å²) in [6.07, 6.45) is 0.993. The molecule has 30 heavy (non-hydrogen) atoms. The largest absolute Gasteiger partial charge is 0.491 e. The molecule has 3 rings (SSSR count). The average molecular weight is 451 g/mol. The molecule has 0 saturated carbocycles. The number of carbonyl (C=O) groups excluding carboxylic acids is 1. The zero-order valence-electron chi connectivity index (χ0n) is 17.2. The number of benzene rings is 2. The van der Waals surface area contributed by atoms with Crippen LogP contribution in [0.3, 0.4) is 0 Å². The quantitative estimate of drug-likeness (QED) is 0.654. The molecule has 0 aromatic heterocycles. The Labute approximate surface area is 183 Å². The molecule has 1 N–H and O–H groups in total. The van der Waals surface area contributed by atoms with Crippen molar-refractivity contribution in [3.05, 3.63) is 58.6 Å². The number of sulfonamides is 1. The summed E-state index contributed by atoms with van der Waals surface area (Å²) in [6.45, 7) is 5.47. The molecule has 2 aromatic rings. The first-order valence-electron chi connectivity index (χ1n) is 10.0. The SMILES string of the molecule is Cc1ccc(OCCNC(=O)C2CCN(S(=O)(=O)c3ccc(Cl)cc3)CC2)c(C)c1. The molecule has 1 saturated heterocycles. The lowest BCUT2D eigenvalue weighted by atomic mass is 9.97. The van der Waals surface area contributed by atoms with Crippen molar-refractivity contribution in [1.29, 1.82) is 0 Å². The molecule has 1 heterocycles. The molecular formula is C22H27ClN2O4S. The highest BCUT2D eigenvalue weighted by Crippen LogP contribution is 2.25. The number of ether oxygens (including phenoxy) is 1. The Morgan fingerprint density at radius 3 is 2.43 bits per heavy atom. The van der Waals surface area contributed by atoms with Gasteiger partial charge in [-0.1, -0.05) is 29.3 Å². The molecule has 1 fully saturated rings. The molecule has 1 aliphatic heterocycles. The third kappa shape index (κ3) is 5.53. The number of nitrogens with one attached hydrogen (secondary N) is 1. The smallest absolute Gasteiger partial charge is 0.243 e. The third-order valence-corrected chi connectivity index (χ3v) is 7.43. The maximum Gasteiger partial charge on any atom is 0.243 e. The van der Waals surface area contributed by atoms with Crippen LogP contribution in [0.1, 0.15) is 24.0 Å². The van der Waals surface area contributed by atoms with E-state index in [0.29, 0.717) is 44.1 Å². The van der Waals surface area contributed by atoms with Gasteiger partial charge in [0.2, 0.25) is 15.9 Å². The average Bonchev–Trinajstić information content (AvgIpc) is 2.72. The number of hydrogen-bond acceptors (Lipinski definition) is 4. The van der Waals surface area contributed by atoms with Gasteiger partial charge in [0, 0.05) is 24.0 Å². The highest BCUT2D eigenvalue weighted by molar-refractivity contribution is 7.89. The van der Waals surface area contributed by atoms with Gasteiger partial charge in [-0.3, -0.25) is 4.79 Å². The van der Waals surface area contributed by atoms with E-state index in [9.17, 15) is 13.2 Å². The van der Waals surface area contributed by atoms with Gasteiger partial charge < -0.3 is 10.1 Å². The minimum absolute atomic E-state index is 0.0530. The van der Waals surface area contributed by atoms with Crippen LogP contribution >= 0.6 is 11.6 Å². The van der Waals surface area contributed by atoms with Gasteiger partial charge in [-0.15, -0.1) is 0 Å². The fourth-order valence-electron chi connectivity index (χ4n) is 3.55. The number of nitrogens with zero attached hydrogens (tertiary/aromatic N) is 1. The number of rotatable bonds is 7. The van der Waals surface area contributed by atoms with Gasteiger partial charge in [0.05, 0.1) is 11.4 Å². The molecule has 1 amide bonds. The Bertz CT molecular complexity index is 985. The van der Waals surface area contributed by atoms with E-state index in [2.05, 4.69) is 11.4 Å². The summed E-state index contributed by atoms with van der Waals surface area (Å²) in [6, 6.07) is 12.1. The molecule has 6 nitrogen and oxygen atoms in total. The van der Waals surface area contributed by atoms with Gasteiger partial charge in [-0.25, -0.2) is 8.42 Å². The fourth-order valence-corrected chi connectivity index (χ4v) is 5.15. The summed E-state index contributed by atoms with van der Waals surface area (Å²) in [5.74, 6) is 0.570. The molecule has 0 atom stereocenters. The van der Waals surface area contributed by atoms with Crippen molar-refractivity contribution in [2.24, 2.45) is 5.92 Å². The van der Waals surface area contributed by atoms with Crippen LogP contribution in [0.15, 0.2) is 47.4 Å². The Morgan fingerprint density at radius 1 is 1.13 bits per heavy atom. The van der Waals surface area contributed by atoms with Crippen LogP contribution in [-0.4, -0.2) is 44.9 Å². The molecule has 0 aliphatic carbocycles. The third-order valence-electron chi connectivity index (χ3n) is 5.27. The first-order valence-corrected chi connectivity index (χ1v) is 11.8. The van der Waals surface area contributed by atoms with E-state index in [1.165, 1.54) is 22.0 Å². The summed E-state index contributed by atoms with van der Waals surface area (Å²) in [7, 11) is -3.56. The standard InChI is InChI=1S/C22H27ClN2O4S/c1-16-3-8-21(17(2)15-16)29-14-11-24-22(26)18-9-12-25(13-10-18)30(27,28)20-6-4-19(23)5-7-20/h3-8,15,18H,9-14H2,1-2H3,(H,24,26). The van der Waals surface area contributed by atoms with E-state index in [1.807, 2.05) is 26.0 Å². The van der Waals surface area contributed by atoms with Crippen molar-refractivity contribution in [2.75, 3.05) is 26.2 Å². The van der Waals surface area contributed by atoms with Crippen molar-refractivity contribution in [3.8, 4) is 5.75 Å². The summed E-state index contributed by atoms with van der Waals surface area (Å²) in [5.41, 5.74) is 2.24. The molecule has 0 bridgehead atoms. The normalized spacial score (nSPS) is 15.7. The number of hydrogen-bond donors (Lipinski definition) is 1. The Balaban J connectivity index is 1.44. The minimum Gasteiger partial charge on any atom is -0.491 e. The van der Waals surface area contributed by atoms with Crippen molar-refractivity contribution in [1.82, 2.24) is 9.62 Å². The van der Waals surface area contributed by atoms with Crippen LogP contribution < -0.4 is 10.1 Å². The number of amides is 1. The zero-order chi connectivity index (χ0) is 21.7. The summed E-state index contributed by atoms with van der Waals surface area (Å²) in [5, 5.41) is 3.39. The number of aryl methyl sites for hydroxylation is 2. The molecule has 2 aromatic carbocycles. The molecular weight excluding hydrogens is 424 g/mol. The second-order valence-electron chi connectivity index (χ2n) is 7.54. The summed E-state index contributed by atoms with van der Waals surface area (Å²) in [4.78, 5) is 12.7. The van der Waals surface area contributed by atoms with E-state index >= 15 is 0 Å².